The minimum atomic E-state index is -0.954. The van der Waals surface area contributed by atoms with Crippen molar-refractivity contribution >= 4 is 40.9 Å². The van der Waals surface area contributed by atoms with Gasteiger partial charge in [-0.3, -0.25) is 14.4 Å². The Bertz CT molecular complexity index is 1040. The minimum absolute atomic E-state index is 0.114. The van der Waals surface area contributed by atoms with Crippen molar-refractivity contribution in [1.82, 2.24) is 0 Å². The quantitative estimate of drug-likeness (QED) is 0.213. The number of thioether (sulfide) groups is 1. The van der Waals surface area contributed by atoms with Crippen LogP contribution in [0.1, 0.15) is 39.5 Å². The number of nitrogens with one attached hydrogen (secondary N) is 2. The molecule has 3 N–H and O–H groups in total. The maximum absolute atomic E-state index is 12.6. The third-order valence-electron chi connectivity index (χ3n) is 5.78. The molecule has 2 aromatic rings. The number of carbonyl (C=O) groups excluding carboxylic acids is 2. The van der Waals surface area contributed by atoms with E-state index in [1.54, 1.807) is 12.1 Å². The van der Waals surface area contributed by atoms with Gasteiger partial charge in [0.25, 0.3) is 0 Å². The molecule has 1 aliphatic carbocycles. The highest BCUT2D eigenvalue weighted by molar-refractivity contribution is 8.00. The third-order valence-corrected chi connectivity index (χ3v) is 6.89. The second kappa shape index (κ2) is 13.0. The van der Waals surface area contributed by atoms with Crippen LogP contribution in [0.5, 0.6) is 5.75 Å². The molecule has 0 saturated heterocycles. The fourth-order valence-electron chi connectivity index (χ4n) is 3.70. The molecule has 7 nitrogen and oxygen atoms in total. The van der Waals surface area contributed by atoms with Gasteiger partial charge in [-0.05, 0) is 74.7 Å². The molecule has 0 aromatic heterocycles. The number of anilines is 2. The number of unbranched alkanes of at least 4 members (excludes halogenated alkanes) is 1. The fraction of sp³-hybridized carbons (Fsp3) is 0.370. The zero-order chi connectivity index (χ0) is 25.2. The molecule has 3 atom stereocenters. The van der Waals surface area contributed by atoms with Crippen LogP contribution in [0.15, 0.2) is 65.6 Å². The van der Waals surface area contributed by atoms with Gasteiger partial charge in [0, 0.05) is 16.3 Å². The molecule has 3 rings (SSSR count). The lowest BCUT2D eigenvalue weighted by Crippen LogP contribution is -2.34. The summed E-state index contributed by atoms with van der Waals surface area (Å²) in [6.07, 6.45) is 6.52. The average Bonchev–Trinajstić information content (AvgIpc) is 2.86. The zero-order valence-corrected chi connectivity index (χ0v) is 20.8. The highest BCUT2D eigenvalue weighted by atomic mass is 32.2. The van der Waals surface area contributed by atoms with Crippen LogP contribution in [0.25, 0.3) is 0 Å². The Balaban J connectivity index is 1.49. The van der Waals surface area contributed by atoms with E-state index in [1.807, 2.05) is 55.5 Å². The molecular formula is C27H32N2O5S. The van der Waals surface area contributed by atoms with E-state index < -0.39 is 17.8 Å². The number of carboxylic acids is 1. The van der Waals surface area contributed by atoms with Gasteiger partial charge in [0.05, 0.1) is 23.7 Å². The second-order valence-corrected chi connectivity index (χ2v) is 9.90. The van der Waals surface area contributed by atoms with Gasteiger partial charge in [0.15, 0.2) is 0 Å². The van der Waals surface area contributed by atoms with E-state index in [-0.39, 0.29) is 17.1 Å². The smallest absolute Gasteiger partial charge is 0.307 e. The summed E-state index contributed by atoms with van der Waals surface area (Å²) in [5.41, 5.74) is 1.30. The Labute approximate surface area is 210 Å². The van der Waals surface area contributed by atoms with Crippen LogP contribution in [0.4, 0.5) is 11.4 Å². The number of carboxylic acid groups (broad SMARTS) is 1. The summed E-state index contributed by atoms with van der Waals surface area (Å²) in [5, 5.41) is 14.8. The van der Waals surface area contributed by atoms with Crippen LogP contribution in [0.3, 0.4) is 0 Å². The molecule has 2 aromatic carbocycles. The number of ether oxygens (including phenoxy) is 1. The molecule has 0 heterocycles. The molecule has 0 aliphatic heterocycles. The monoisotopic (exact) mass is 496 g/mol. The number of carbonyl (C=O) groups is 3. The van der Waals surface area contributed by atoms with E-state index in [0.29, 0.717) is 30.8 Å². The van der Waals surface area contributed by atoms with Gasteiger partial charge in [-0.25, -0.2) is 0 Å². The van der Waals surface area contributed by atoms with Crippen LogP contribution in [-0.4, -0.2) is 34.7 Å². The number of hydrogen-bond acceptors (Lipinski definition) is 5. The van der Waals surface area contributed by atoms with Crippen molar-refractivity contribution in [1.29, 1.82) is 0 Å². The Morgan fingerprint density at radius 2 is 1.57 bits per heavy atom. The molecule has 35 heavy (non-hydrogen) atoms. The molecule has 0 saturated carbocycles. The minimum Gasteiger partial charge on any atom is -0.494 e. The van der Waals surface area contributed by atoms with Crippen molar-refractivity contribution in [2.75, 3.05) is 17.2 Å². The average molecular weight is 497 g/mol. The summed E-state index contributed by atoms with van der Waals surface area (Å²) in [6.45, 7) is 4.63. The lowest BCUT2D eigenvalue weighted by Gasteiger charge is -2.24. The second-order valence-electron chi connectivity index (χ2n) is 8.48. The summed E-state index contributed by atoms with van der Waals surface area (Å²) >= 11 is 1.41. The van der Waals surface area contributed by atoms with E-state index in [2.05, 4.69) is 17.6 Å². The van der Waals surface area contributed by atoms with Gasteiger partial charge >= 0.3 is 5.97 Å². The molecule has 8 heteroatoms. The number of benzene rings is 2. The van der Waals surface area contributed by atoms with Crippen molar-refractivity contribution in [3.8, 4) is 5.75 Å². The van der Waals surface area contributed by atoms with Gasteiger partial charge in [0.2, 0.25) is 11.8 Å². The number of hydrogen-bond donors (Lipinski definition) is 3. The van der Waals surface area contributed by atoms with E-state index in [0.717, 1.165) is 23.5 Å². The molecule has 0 fully saturated rings. The fourth-order valence-corrected chi connectivity index (χ4v) is 4.57. The van der Waals surface area contributed by atoms with Crippen LogP contribution in [-0.2, 0) is 14.4 Å². The number of aliphatic carboxylic acids is 1. The van der Waals surface area contributed by atoms with E-state index in [4.69, 9.17) is 4.74 Å². The van der Waals surface area contributed by atoms with Crippen LogP contribution in [0, 0.1) is 11.8 Å². The lowest BCUT2D eigenvalue weighted by atomic mass is 9.82. The maximum atomic E-state index is 12.6. The first kappa shape index (κ1) is 26.3. The number of amides is 2. The first-order valence-electron chi connectivity index (χ1n) is 11.9. The SMILES string of the molecule is CCCCOc1ccc(NC(=O)C(C)Sc2ccc(NC(=O)C3CC=CCC3C(=O)O)cc2)cc1. The van der Waals surface area contributed by atoms with Crippen molar-refractivity contribution in [3.05, 3.63) is 60.7 Å². The van der Waals surface area contributed by atoms with Crippen molar-refractivity contribution in [2.45, 2.75) is 49.7 Å². The van der Waals surface area contributed by atoms with Gasteiger partial charge in [-0.15, -0.1) is 11.8 Å². The largest absolute Gasteiger partial charge is 0.494 e. The predicted octanol–water partition coefficient (Wildman–Crippen LogP) is 5.59. The molecular weight excluding hydrogens is 464 g/mol. The Hall–Kier alpha value is -3.26. The van der Waals surface area contributed by atoms with Crippen LogP contribution in [0.2, 0.25) is 0 Å². The standard InChI is InChI=1S/C27H32N2O5S/c1-3-4-17-34-21-13-9-19(10-14-21)28-25(30)18(2)35-22-15-11-20(12-16-22)29-26(31)23-7-5-6-8-24(23)27(32)33/h5-6,9-16,18,23-24H,3-4,7-8,17H2,1-2H3,(H,28,30)(H,29,31)(H,32,33). The van der Waals surface area contributed by atoms with E-state index in [9.17, 15) is 19.5 Å². The molecule has 0 bridgehead atoms. The number of allylic oxidation sites excluding steroid dienone is 2. The molecule has 3 unspecified atom stereocenters. The third kappa shape index (κ3) is 7.89. The molecule has 0 spiro atoms. The first-order valence-corrected chi connectivity index (χ1v) is 12.7. The Morgan fingerprint density at radius 3 is 2.20 bits per heavy atom. The Morgan fingerprint density at radius 1 is 0.971 bits per heavy atom. The normalized spacial score (nSPS) is 17.9. The van der Waals surface area contributed by atoms with E-state index >= 15 is 0 Å². The number of rotatable bonds is 11. The van der Waals surface area contributed by atoms with Crippen molar-refractivity contribution < 1.29 is 24.2 Å². The highest BCUT2D eigenvalue weighted by Crippen LogP contribution is 2.29. The Kier molecular flexibility index (Phi) is 9.78. The summed E-state index contributed by atoms with van der Waals surface area (Å²) in [7, 11) is 0. The van der Waals surface area contributed by atoms with Gasteiger partial charge in [0.1, 0.15) is 5.75 Å². The summed E-state index contributed by atoms with van der Waals surface area (Å²) in [6, 6.07) is 14.5. The van der Waals surface area contributed by atoms with Crippen LogP contribution < -0.4 is 15.4 Å². The molecule has 1 aliphatic rings. The maximum Gasteiger partial charge on any atom is 0.307 e. The predicted molar refractivity (Wildman–Crippen MR) is 139 cm³/mol. The van der Waals surface area contributed by atoms with Gasteiger partial charge in [-0.1, -0.05) is 25.5 Å². The molecule has 2 amide bonds. The lowest BCUT2D eigenvalue weighted by molar-refractivity contribution is -0.146. The van der Waals surface area contributed by atoms with E-state index in [1.165, 1.54) is 11.8 Å². The summed E-state index contributed by atoms with van der Waals surface area (Å²) in [4.78, 5) is 37.6. The zero-order valence-electron chi connectivity index (χ0n) is 20.0. The molecule has 0 radical (unpaired) electrons. The summed E-state index contributed by atoms with van der Waals surface area (Å²) < 4.78 is 5.64. The van der Waals surface area contributed by atoms with Crippen LogP contribution >= 0.6 is 11.8 Å². The van der Waals surface area contributed by atoms with Crippen molar-refractivity contribution in [3.63, 3.8) is 0 Å². The van der Waals surface area contributed by atoms with Crippen molar-refractivity contribution in [2.24, 2.45) is 11.8 Å². The summed E-state index contributed by atoms with van der Waals surface area (Å²) in [5.74, 6) is -1.88. The topological polar surface area (TPSA) is 105 Å². The molecule has 186 valence electrons. The highest BCUT2D eigenvalue weighted by Gasteiger charge is 2.33. The van der Waals surface area contributed by atoms with Gasteiger partial charge < -0.3 is 20.5 Å². The first-order chi connectivity index (χ1) is 16.9. The van der Waals surface area contributed by atoms with Gasteiger partial charge in [-0.2, -0.15) is 0 Å².